The third-order valence-electron chi connectivity index (χ3n) is 3.45. The van der Waals surface area contributed by atoms with Crippen molar-refractivity contribution in [1.82, 2.24) is 9.13 Å². The standard InChI is InChI=1S/C13H18N2O2/c1-13(2,8-16)9-5-6-10-11(7-9)15(4)12(17)14(10)3/h5-7,16H,8H2,1-4H3. The van der Waals surface area contributed by atoms with Gasteiger partial charge in [-0.2, -0.15) is 0 Å². The molecule has 1 heterocycles. The van der Waals surface area contributed by atoms with E-state index >= 15 is 0 Å². The van der Waals surface area contributed by atoms with Crippen LogP contribution in [0, 0.1) is 0 Å². The molecular weight excluding hydrogens is 216 g/mol. The summed E-state index contributed by atoms with van der Waals surface area (Å²) in [7, 11) is 3.53. The summed E-state index contributed by atoms with van der Waals surface area (Å²) in [4.78, 5) is 11.8. The Morgan fingerprint density at radius 2 is 1.76 bits per heavy atom. The van der Waals surface area contributed by atoms with Crippen LogP contribution < -0.4 is 5.69 Å². The molecule has 0 fully saturated rings. The number of aliphatic hydroxyl groups is 1. The second-order valence-electron chi connectivity index (χ2n) is 5.15. The number of aryl methyl sites for hydroxylation is 2. The van der Waals surface area contributed by atoms with Crippen LogP contribution in [0.25, 0.3) is 11.0 Å². The maximum Gasteiger partial charge on any atom is 0.328 e. The van der Waals surface area contributed by atoms with E-state index in [4.69, 9.17) is 0 Å². The van der Waals surface area contributed by atoms with Crippen molar-refractivity contribution >= 4 is 11.0 Å². The highest BCUT2D eigenvalue weighted by molar-refractivity contribution is 5.77. The Morgan fingerprint density at radius 3 is 2.35 bits per heavy atom. The molecule has 0 amide bonds. The molecule has 0 aliphatic rings. The molecule has 0 saturated heterocycles. The summed E-state index contributed by atoms with van der Waals surface area (Å²) in [6.45, 7) is 4.05. The molecule has 1 N–H and O–H groups in total. The highest BCUT2D eigenvalue weighted by atomic mass is 16.3. The first kappa shape index (κ1) is 11.9. The highest BCUT2D eigenvalue weighted by Crippen LogP contribution is 2.25. The lowest BCUT2D eigenvalue weighted by Crippen LogP contribution is -2.22. The Morgan fingerprint density at radius 1 is 1.18 bits per heavy atom. The smallest absolute Gasteiger partial charge is 0.328 e. The largest absolute Gasteiger partial charge is 0.395 e. The van der Waals surface area contributed by atoms with Gasteiger partial charge in [0.1, 0.15) is 0 Å². The normalized spacial score (nSPS) is 12.3. The minimum atomic E-state index is -0.292. The summed E-state index contributed by atoms with van der Waals surface area (Å²) in [5.41, 5.74) is 2.53. The van der Waals surface area contributed by atoms with E-state index < -0.39 is 0 Å². The van der Waals surface area contributed by atoms with Crippen molar-refractivity contribution in [3.05, 3.63) is 34.2 Å². The van der Waals surface area contributed by atoms with Crippen LogP contribution in [0.5, 0.6) is 0 Å². The molecule has 0 saturated carbocycles. The average Bonchev–Trinajstić information content (AvgIpc) is 2.54. The zero-order valence-corrected chi connectivity index (χ0v) is 10.7. The number of benzene rings is 1. The maximum atomic E-state index is 11.8. The van der Waals surface area contributed by atoms with E-state index in [1.54, 1.807) is 23.2 Å². The van der Waals surface area contributed by atoms with Crippen molar-refractivity contribution < 1.29 is 5.11 Å². The van der Waals surface area contributed by atoms with Crippen molar-refractivity contribution in [3.63, 3.8) is 0 Å². The Balaban J connectivity index is 2.75. The molecule has 1 aromatic heterocycles. The summed E-state index contributed by atoms with van der Waals surface area (Å²) in [5.74, 6) is 0. The van der Waals surface area contributed by atoms with E-state index in [0.29, 0.717) is 0 Å². The molecule has 0 atom stereocenters. The van der Waals surface area contributed by atoms with Gasteiger partial charge in [0, 0.05) is 19.5 Å². The minimum absolute atomic E-state index is 0.0287. The Bertz CT molecular complexity index is 620. The SMILES string of the molecule is Cn1c(=O)n(C)c2cc(C(C)(C)CO)ccc21. The monoisotopic (exact) mass is 234 g/mol. The maximum absolute atomic E-state index is 11.8. The van der Waals surface area contributed by atoms with Crippen LogP contribution in [-0.4, -0.2) is 20.8 Å². The van der Waals surface area contributed by atoms with E-state index in [2.05, 4.69) is 0 Å². The summed E-state index contributed by atoms with van der Waals surface area (Å²) in [5, 5.41) is 9.37. The summed E-state index contributed by atoms with van der Waals surface area (Å²) >= 11 is 0. The summed E-state index contributed by atoms with van der Waals surface area (Å²) in [6.07, 6.45) is 0. The fourth-order valence-electron chi connectivity index (χ4n) is 2.02. The molecular formula is C13H18N2O2. The molecule has 0 aliphatic carbocycles. The topological polar surface area (TPSA) is 47.2 Å². The predicted octanol–water partition coefficient (Wildman–Crippen LogP) is 1.15. The fourth-order valence-corrected chi connectivity index (χ4v) is 2.02. The highest BCUT2D eigenvalue weighted by Gasteiger charge is 2.20. The van der Waals surface area contributed by atoms with Crippen LogP contribution in [0.15, 0.2) is 23.0 Å². The Labute approximate surface area is 100 Å². The number of aromatic nitrogens is 2. The van der Waals surface area contributed by atoms with Crippen LogP contribution in [-0.2, 0) is 19.5 Å². The van der Waals surface area contributed by atoms with Gasteiger partial charge in [-0.05, 0) is 17.7 Å². The van der Waals surface area contributed by atoms with Crippen molar-refractivity contribution in [2.24, 2.45) is 14.1 Å². The van der Waals surface area contributed by atoms with E-state index in [1.165, 1.54) is 0 Å². The van der Waals surface area contributed by atoms with Gasteiger partial charge < -0.3 is 5.11 Å². The molecule has 0 aliphatic heterocycles. The Kier molecular flexibility index (Phi) is 2.62. The van der Waals surface area contributed by atoms with E-state index in [-0.39, 0.29) is 17.7 Å². The van der Waals surface area contributed by atoms with Crippen molar-refractivity contribution in [2.45, 2.75) is 19.3 Å². The minimum Gasteiger partial charge on any atom is -0.395 e. The lowest BCUT2D eigenvalue weighted by Gasteiger charge is -2.22. The van der Waals surface area contributed by atoms with Gasteiger partial charge in [-0.25, -0.2) is 4.79 Å². The van der Waals surface area contributed by atoms with E-state index in [1.807, 2.05) is 32.0 Å². The van der Waals surface area contributed by atoms with Gasteiger partial charge in [0.25, 0.3) is 0 Å². The molecule has 2 aromatic rings. The van der Waals surface area contributed by atoms with Crippen molar-refractivity contribution in [1.29, 1.82) is 0 Å². The molecule has 0 bridgehead atoms. The quantitative estimate of drug-likeness (QED) is 0.847. The molecule has 92 valence electrons. The summed E-state index contributed by atoms with van der Waals surface area (Å²) < 4.78 is 3.26. The average molecular weight is 234 g/mol. The molecule has 0 spiro atoms. The Hall–Kier alpha value is -1.55. The first-order valence-corrected chi connectivity index (χ1v) is 5.65. The van der Waals surface area contributed by atoms with E-state index in [0.717, 1.165) is 16.6 Å². The molecule has 0 unspecified atom stereocenters. The van der Waals surface area contributed by atoms with Gasteiger partial charge in [-0.1, -0.05) is 19.9 Å². The number of hydrogen-bond donors (Lipinski definition) is 1. The number of fused-ring (bicyclic) bond motifs is 1. The zero-order valence-electron chi connectivity index (χ0n) is 10.7. The first-order valence-electron chi connectivity index (χ1n) is 5.65. The second-order valence-corrected chi connectivity index (χ2v) is 5.15. The van der Waals surface area contributed by atoms with Crippen LogP contribution >= 0.6 is 0 Å². The van der Waals surface area contributed by atoms with E-state index in [9.17, 15) is 9.90 Å². The van der Waals surface area contributed by atoms with Crippen LogP contribution in [0.2, 0.25) is 0 Å². The van der Waals surface area contributed by atoms with Gasteiger partial charge in [-0.15, -0.1) is 0 Å². The molecule has 2 rings (SSSR count). The molecule has 17 heavy (non-hydrogen) atoms. The van der Waals surface area contributed by atoms with Crippen molar-refractivity contribution in [2.75, 3.05) is 6.61 Å². The number of imidazole rings is 1. The predicted molar refractivity (Wildman–Crippen MR) is 68.3 cm³/mol. The first-order chi connectivity index (χ1) is 7.88. The molecule has 4 heteroatoms. The fraction of sp³-hybridized carbons (Fsp3) is 0.462. The third kappa shape index (κ3) is 1.69. The number of aliphatic hydroxyl groups excluding tert-OH is 1. The lowest BCUT2D eigenvalue weighted by molar-refractivity contribution is 0.218. The second kappa shape index (κ2) is 3.74. The zero-order chi connectivity index (χ0) is 12.8. The summed E-state index contributed by atoms with van der Waals surface area (Å²) in [6, 6.07) is 5.88. The van der Waals surface area contributed by atoms with Crippen LogP contribution in [0.4, 0.5) is 0 Å². The number of nitrogens with zero attached hydrogens (tertiary/aromatic N) is 2. The van der Waals surface area contributed by atoms with Gasteiger partial charge in [0.2, 0.25) is 0 Å². The molecule has 1 aromatic carbocycles. The van der Waals surface area contributed by atoms with Crippen molar-refractivity contribution in [3.8, 4) is 0 Å². The number of rotatable bonds is 2. The van der Waals surface area contributed by atoms with Gasteiger partial charge in [0.15, 0.2) is 0 Å². The molecule has 0 radical (unpaired) electrons. The van der Waals surface area contributed by atoms with Gasteiger partial charge >= 0.3 is 5.69 Å². The number of hydrogen-bond acceptors (Lipinski definition) is 2. The lowest BCUT2D eigenvalue weighted by atomic mass is 9.85. The third-order valence-corrected chi connectivity index (χ3v) is 3.45. The van der Waals surface area contributed by atoms with Crippen LogP contribution in [0.3, 0.4) is 0 Å². The van der Waals surface area contributed by atoms with Crippen LogP contribution in [0.1, 0.15) is 19.4 Å². The van der Waals surface area contributed by atoms with Gasteiger partial charge in [-0.3, -0.25) is 9.13 Å². The van der Waals surface area contributed by atoms with Gasteiger partial charge in [0.05, 0.1) is 17.6 Å². The molecule has 4 nitrogen and oxygen atoms in total.